The predicted octanol–water partition coefficient (Wildman–Crippen LogP) is 4.21. The molecular weight excluding hydrogens is 286 g/mol. The SMILES string of the molecule is Cc1cc(COCc2ccccc2Cl)oc1CNC1CC1. The molecule has 0 unspecified atom stereocenters. The number of nitrogens with one attached hydrogen (secondary N) is 1. The number of hydrogen-bond acceptors (Lipinski definition) is 3. The quantitative estimate of drug-likeness (QED) is 0.832. The molecule has 112 valence electrons. The van der Waals surface area contributed by atoms with Crippen LogP contribution in [0.4, 0.5) is 0 Å². The maximum atomic E-state index is 6.10. The first-order valence-corrected chi connectivity index (χ1v) is 7.73. The van der Waals surface area contributed by atoms with Crippen LogP contribution in [0.5, 0.6) is 0 Å². The van der Waals surface area contributed by atoms with E-state index in [0.29, 0.717) is 19.3 Å². The van der Waals surface area contributed by atoms with Crippen LogP contribution >= 0.6 is 11.6 Å². The minimum atomic E-state index is 0.468. The molecule has 0 saturated heterocycles. The van der Waals surface area contributed by atoms with E-state index in [0.717, 1.165) is 28.7 Å². The zero-order valence-corrected chi connectivity index (χ0v) is 13.0. The minimum Gasteiger partial charge on any atom is -0.462 e. The molecule has 3 nitrogen and oxygen atoms in total. The van der Waals surface area contributed by atoms with Crippen molar-refractivity contribution in [3.63, 3.8) is 0 Å². The molecule has 2 aromatic rings. The van der Waals surface area contributed by atoms with E-state index >= 15 is 0 Å². The molecule has 1 saturated carbocycles. The van der Waals surface area contributed by atoms with E-state index in [2.05, 4.69) is 18.3 Å². The minimum absolute atomic E-state index is 0.468. The van der Waals surface area contributed by atoms with Crippen molar-refractivity contribution in [3.8, 4) is 0 Å². The molecule has 21 heavy (non-hydrogen) atoms. The summed E-state index contributed by atoms with van der Waals surface area (Å²) < 4.78 is 11.5. The fourth-order valence-corrected chi connectivity index (χ4v) is 2.43. The van der Waals surface area contributed by atoms with Gasteiger partial charge in [0.15, 0.2) is 0 Å². The summed E-state index contributed by atoms with van der Waals surface area (Å²) in [6.07, 6.45) is 2.57. The van der Waals surface area contributed by atoms with E-state index < -0.39 is 0 Å². The van der Waals surface area contributed by atoms with Crippen molar-refractivity contribution >= 4 is 11.6 Å². The Balaban J connectivity index is 1.50. The van der Waals surface area contributed by atoms with Gasteiger partial charge in [-0.3, -0.25) is 0 Å². The summed E-state index contributed by atoms with van der Waals surface area (Å²) in [5.74, 6) is 1.88. The molecule has 0 aliphatic heterocycles. The summed E-state index contributed by atoms with van der Waals surface area (Å²) in [6, 6.07) is 10.5. The van der Waals surface area contributed by atoms with Crippen LogP contribution in [0, 0.1) is 6.92 Å². The van der Waals surface area contributed by atoms with Gasteiger partial charge in [0.25, 0.3) is 0 Å². The smallest absolute Gasteiger partial charge is 0.130 e. The lowest BCUT2D eigenvalue weighted by atomic mass is 10.2. The van der Waals surface area contributed by atoms with Gasteiger partial charge >= 0.3 is 0 Å². The van der Waals surface area contributed by atoms with Crippen molar-refractivity contribution < 1.29 is 9.15 Å². The Labute approximate surface area is 130 Å². The van der Waals surface area contributed by atoms with Crippen LogP contribution in [-0.4, -0.2) is 6.04 Å². The summed E-state index contributed by atoms with van der Waals surface area (Å²) >= 11 is 6.10. The molecule has 1 aliphatic carbocycles. The van der Waals surface area contributed by atoms with Gasteiger partial charge in [-0.25, -0.2) is 0 Å². The van der Waals surface area contributed by atoms with E-state index in [9.17, 15) is 0 Å². The van der Waals surface area contributed by atoms with E-state index in [1.807, 2.05) is 24.3 Å². The van der Waals surface area contributed by atoms with Crippen LogP contribution in [0.3, 0.4) is 0 Å². The highest BCUT2D eigenvalue weighted by Crippen LogP contribution is 2.22. The van der Waals surface area contributed by atoms with E-state index in [1.54, 1.807) is 0 Å². The van der Waals surface area contributed by atoms with E-state index in [1.165, 1.54) is 18.4 Å². The van der Waals surface area contributed by atoms with Gasteiger partial charge in [0.1, 0.15) is 18.1 Å². The number of ether oxygens (including phenoxy) is 1. The number of aryl methyl sites for hydroxylation is 1. The zero-order chi connectivity index (χ0) is 14.7. The van der Waals surface area contributed by atoms with Crippen LogP contribution in [0.25, 0.3) is 0 Å². The molecule has 1 aromatic heterocycles. The zero-order valence-electron chi connectivity index (χ0n) is 12.2. The third-order valence-electron chi connectivity index (χ3n) is 3.66. The van der Waals surface area contributed by atoms with Gasteiger partial charge in [-0.1, -0.05) is 29.8 Å². The van der Waals surface area contributed by atoms with Gasteiger partial charge in [0.05, 0.1) is 13.2 Å². The molecule has 0 bridgehead atoms. The second-order valence-electron chi connectivity index (χ2n) is 5.56. The third-order valence-corrected chi connectivity index (χ3v) is 4.03. The lowest BCUT2D eigenvalue weighted by molar-refractivity contribution is 0.0920. The topological polar surface area (TPSA) is 34.4 Å². The third kappa shape index (κ3) is 4.10. The van der Waals surface area contributed by atoms with Gasteiger partial charge in [0, 0.05) is 11.1 Å². The van der Waals surface area contributed by atoms with Crippen molar-refractivity contribution in [1.29, 1.82) is 0 Å². The average Bonchev–Trinajstić information content (AvgIpc) is 3.23. The molecule has 0 amide bonds. The molecule has 0 radical (unpaired) electrons. The van der Waals surface area contributed by atoms with Crippen molar-refractivity contribution in [2.24, 2.45) is 0 Å². The number of benzene rings is 1. The summed E-state index contributed by atoms with van der Waals surface area (Å²) in [5.41, 5.74) is 2.18. The highest BCUT2D eigenvalue weighted by atomic mass is 35.5. The first-order chi connectivity index (χ1) is 10.2. The standard InChI is InChI=1S/C17H20ClNO2/c1-12-8-15(21-17(12)9-19-14-6-7-14)11-20-10-13-4-2-3-5-16(13)18/h2-5,8,14,19H,6-7,9-11H2,1H3. The summed E-state index contributed by atoms with van der Waals surface area (Å²) in [4.78, 5) is 0. The molecular formula is C17H20ClNO2. The van der Waals surface area contributed by atoms with Crippen molar-refractivity contribution in [3.05, 3.63) is 58.0 Å². The highest BCUT2D eigenvalue weighted by molar-refractivity contribution is 6.31. The molecule has 1 heterocycles. The number of hydrogen-bond donors (Lipinski definition) is 1. The molecule has 1 aromatic carbocycles. The Morgan fingerprint density at radius 2 is 2.10 bits per heavy atom. The molecule has 3 rings (SSSR count). The first-order valence-electron chi connectivity index (χ1n) is 7.35. The molecule has 0 spiro atoms. The molecule has 1 fully saturated rings. The summed E-state index contributed by atoms with van der Waals surface area (Å²) in [7, 11) is 0. The molecule has 1 aliphatic rings. The second kappa shape index (κ2) is 6.65. The number of rotatable bonds is 7. The van der Waals surface area contributed by atoms with Crippen molar-refractivity contribution in [1.82, 2.24) is 5.32 Å². The monoisotopic (exact) mass is 305 g/mol. The van der Waals surface area contributed by atoms with Gasteiger partial charge < -0.3 is 14.5 Å². The summed E-state index contributed by atoms with van der Waals surface area (Å²) in [5, 5.41) is 4.20. The van der Waals surface area contributed by atoms with Gasteiger partial charge in [-0.2, -0.15) is 0 Å². The lowest BCUT2D eigenvalue weighted by Crippen LogP contribution is -2.15. The first kappa shape index (κ1) is 14.6. The fourth-order valence-electron chi connectivity index (χ4n) is 2.24. The Morgan fingerprint density at radius 1 is 1.29 bits per heavy atom. The maximum absolute atomic E-state index is 6.10. The normalized spacial score (nSPS) is 14.6. The highest BCUT2D eigenvalue weighted by Gasteiger charge is 2.21. The average molecular weight is 306 g/mol. The Kier molecular flexibility index (Phi) is 4.63. The number of furan rings is 1. The van der Waals surface area contributed by atoms with E-state index in [4.69, 9.17) is 20.8 Å². The maximum Gasteiger partial charge on any atom is 0.130 e. The van der Waals surface area contributed by atoms with Crippen molar-refractivity contribution in [2.45, 2.75) is 45.6 Å². The van der Waals surface area contributed by atoms with Crippen molar-refractivity contribution in [2.75, 3.05) is 0 Å². The van der Waals surface area contributed by atoms with Crippen LogP contribution in [0.2, 0.25) is 5.02 Å². The summed E-state index contributed by atoms with van der Waals surface area (Å²) in [6.45, 7) is 3.84. The van der Waals surface area contributed by atoms with Gasteiger partial charge in [-0.15, -0.1) is 0 Å². The van der Waals surface area contributed by atoms with Crippen LogP contribution < -0.4 is 5.32 Å². The van der Waals surface area contributed by atoms with Gasteiger partial charge in [0.2, 0.25) is 0 Å². The molecule has 1 N–H and O–H groups in total. The number of halogens is 1. The lowest BCUT2D eigenvalue weighted by Gasteiger charge is -2.04. The second-order valence-corrected chi connectivity index (χ2v) is 5.97. The Morgan fingerprint density at radius 3 is 2.86 bits per heavy atom. The van der Waals surface area contributed by atoms with Crippen LogP contribution in [0.1, 0.15) is 35.5 Å². The predicted molar refractivity (Wildman–Crippen MR) is 83.3 cm³/mol. The molecule has 0 atom stereocenters. The van der Waals surface area contributed by atoms with Gasteiger partial charge in [-0.05, 0) is 43.0 Å². The Hall–Kier alpha value is -1.29. The van der Waals surface area contributed by atoms with Crippen LogP contribution in [-0.2, 0) is 24.5 Å². The molecule has 4 heteroatoms. The Bertz CT molecular complexity index is 605. The largest absolute Gasteiger partial charge is 0.462 e. The van der Waals surface area contributed by atoms with Crippen LogP contribution in [0.15, 0.2) is 34.7 Å². The van der Waals surface area contributed by atoms with E-state index in [-0.39, 0.29) is 0 Å². The fraction of sp³-hybridized carbons (Fsp3) is 0.412.